The molecule has 96 heavy (non-hydrogen) atoms. The maximum Gasteiger partial charge on any atom is 0.220 e. The summed E-state index contributed by atoms with van der Waals surface area (Å²) in [5.41, 5.74) is 0. The van der Waals surface area contributed by atoms with E-state index in [9.17, 15) is 61.0 Å². The fourth-order valence-corrected chi connectivity index (χ4v) is 12.3. The Morgan fingerprint density at radius 2 is 0.729 bits per heavy atom. The van der Waals surface area contributed by atoms with Crippen molar-refractivity contribution in [3.8, 4) is 0 Å². The number of unbranched alkanes of at least 4 members (excludes halogenated alkanes) is 30. The lowest BCUT2D eigenvalue weighted by molar-refractivity contribution is -0.379. The number of carbonyl (C=O) groups excluding carboxylic acids is 1. The molecule has 0 bridgehead atoms. The third-order valence-electron chi connectivity index (χ3n) is 18.4. The second-order valence-electron chi connectivity index (χ2n) is 26.7. The van der Waals surface area contributed by atoms with Crippen molar-refractivity contribution < 1.29 is 89.4 Å². The molecule has 17 atom stereocenters. The average molecular weight is 1360 g/mol. The van der Waals surface area contributed by atoms with Crippen LogP contribution in [0.5, 0.6) is 0 Å². The monoisotopic (exact) mass is 1360 g/mol. The Bertz CT molecular complexity index is 2070. The second kappa shape index (κ2) is 57.6. The van der Waals surface area contributed by atoms with E-state index < -0.39 is 124 Å². The zero-order chi connectivity index (χ0) is 69.6. The molecule has 1 amide bonds. The summed E-state index contributed by atoms with van der Waals surface area (Å²) in [5.74, 6) is -0.299. The molecule has 3 aliphatic rings. The van der Waals surface area contributed by atoms with Crippen LogP contribution in [0.25, 0.3) is 0 Å². The van der Waals surface area contributed by atoms with Gasteiger partial charge in [0.25, 0.3) is 0 Å². The molecule has 17 unspecified atom stereocenters. The molecule has 556 valence electrons. The molecule has 0 spiro atoms. The van der Waals surface area contributed by atoms with Crippen LogP contribution in [0, 0.1) is 0 Å². The first-order chi connectivity index (χ1) is 46.8. The van der Waals surface area contributed by atoms with E-state index in [-0.39, 0.29) is 18.9 Å². The van der Waals surface area contributed by atoms with Gasteiger partial charge in [0.05, 0.1) is 38.6 Å². The van der Waals surface area contributed by atoms with E-state index in [1.807, 2.05) is 6.08 Å². The topological polar surface area (TPSA) is 307 Å². The lowest BCUT2D eigenvalue weighted by atomic mass is 9.96. The zero-order valence-electron chi connectivity index (χ0n) is 59.1. The minimum atomic E-state index is -1.99. The van der Waals surface area contributed by atoms with Crippen LogP contribution in [0.4, 0.5) is 0 Å². The van der Waals surface area contributed by atoms with E-state index in [4.69, 9.17) is 28.4 Å². The largest absolute Gasteiger partial charge is 0.394 e. The zero-order valence-corrected chi connectivity index (χ0v) is 59.1. The van der Waals surface area contributed by atoms with Crippen LogP contribution in [0.15, 0.2) is 85.1 Å². The molecular formula is C77H135NO18. The van der Waals surface area contributed by atoms with E-state index in [2.05, 4.69) is 92.1 Å². The van der Waals surface area contributed by atoms with Gasteiger partial charge < -0.3 is 89.9 Å². The van der Waals surface area contributed by atoms with Gasteiger partial charge in [-0.15, -0.1) is 0 Å². The number of nitrogens with one attached hydrogen (secondary N) is 1. The fourth-order valence-electron chi connectivity index (χ4n) is 12.3. The SMILES string of the molecule is CC/C=C\C/C=C\C/C=C\C/C=C\CCCCCCCCCCC(=O)NC(COC1OC(CO)C(OC2OC(CO)C(OC3OC(CO)C(O)C(O)C3O)C(O)C2O)C(O)C1O)C(O)/C=C/CC/C=C/CC/C=C/CCCCCCCCCCCCCCCCCCCCCC. The quantitative estimate of drug-likeness (QED) is 0.0199. The van der Waals surface area contributed by atoms with Gasteiger partial charge in [0.2, 0.25) is 5.91 Å². The number of aliphatic hydroxyl groups is 11. The highest BCUT2D eigenvalue weighted by atomic mass is 16.8. The predicted molar refractivity (Wildman–Crippen MR) is 378 cm³/mol. The first kappa shape index (κ1) is 87.2. The van der Waals surface area contributed by atoms with Crippen molar-refractivity contribution in [2.45, 2.75) is 369 Å². The molecule has 0 aromatic heterocycles. The molecule has 3 heterocycles. The van der Waals surface area contributed by atoms with Gasteiger partial charge in [-0.25, -0.2) is 0 Å². The summed E-state index contributed by atoms with van der Waals surface area (Å²) in [7, 11) is 0. The van der Waals surface area contributed by atoms with Crippen molar-refractivity contribution in [2.75, 3.05) is 26.4 Å². The number of ether oxygens (including phenoxy) is 6. The lowest BCUT2D eigenvalue weighted by Gasteiger charge is -2.48. The highest BCUT2D eigenvalue weighted by molar-refractivity contribution is 5.76. The van der Waals surface area contributed by atoms with Crippen molar-refractivity contribution >= 4 is 5.91 Å². The maximum absolute atomic E-state index is 13.4. The summed E-state index contributed by atoms with van der Waals surface area (Å²) in [6.07, 6.45) is 48.6. The molecular weight excluding hydrogens is 1230 g/mol. The normalized spacial score (nSPS) is 27.5. The van der Waals surface area contributed by atoms with Crippen molar-refractivity contribution in [1.29, 1.82) is 0 Å². The van der Waals surface area contributed by atoms with Crippen LogP contribution in [0.1, 0.15) is 264 Å². The molecule has 19 nitrogen and oxygen atoms in total. The molecule has 0 aromatic rings. The molecule has 0 radical (unpaired) electrons. The van der Waals surface area contributed by atoms with Gasteiger partial charge in [0.15, 0.2) is 18.9 Å². The Labute approximate surface area is 578 Å². The van der Waals surface area contributed by atoms with Crippen LogP contribution >= 0.6 is 0 Å². The highest BCUT2D eigenvalue weighted by Crippen LogP contribution is 2.33. The summed E-state index contributed by atoms with van der Waals surface area (Å²) < 4.78 is 34.4. The first-order valence-corrected chi connectivity index (χ1v) is 37.8. The van der Waals surface area contributed by atoms with Crippen molar-refractivity contribution in [3.63, 3.8) is 0 Å². The van der Waals surface area contributed by atoms with Crippen molar-refractivity contribution in [1.82, 2.24) is 5.32 Å². The molecule has 0 saturated carbocycles. The molecule has 3 rings (SSSR count). The van der Waals surface area contributed by atoms with E-state index in [1.54, 1.807) is 6.08 Å². The highest BCUT2D eigenvalue weighted by Gasteiger charge is 2.53. The molecule has 0 aliphatic carbocycles. The second-order valence-corrected chi connectivity index (χ2v) is 26.7. The fraction of sp³-hybridized carbons (Fsp3) is 0.805. The van der Waals surface area contributed by atoms with E-state index in [0.717, 1.165) is 89.9 Å². The summed E-state index contributed by atoms with van der Waals surface area (Å²) >= 11 is 0. The number of aliphatic hydroxyl groups excluding tert-OH is 11. The lowest BCUT2D eigenvalue weighted by Crippen LogP contribution is -2.66. The summed E-state index contributed by atoms with van der Waals surface area (Å²) in [6, 6.07) is -1.01. The molecule has 3 aliphatic heterocycles. The maximum atomic E-state index is 13.4. The van der Waals surface area contributed by atoms with Crippen LogP contribution in [0.3, 0.4) is 0 Å². The Hall–Kier alpha value is -3.03. The van der Waals surface area contributed by atoms with Crippen LogP contribution in [-0.4, -0.2) is 193 Å². The number of rotatable bonds is 58. The number of hydrogen-bond donors (Lipinski definition) is 12. The van der Waals surface area contributed by atoms with E-state index in [1.165, 1.54) is 141 Å². The Kier molecular flexibility index (Phi) is 52.3. The molecule has 19 heteroatoms. The number of hydrogen-bond acceptors (Lipinski definition) is 18. The van der Waals surface area contributed by atoms with Crippen LogP contribution < -0.4 is 5.32 Å². The number of amides is 1. The Balaban J connectivity index is 1.42. The van der Waals surface area contributed by atoms with Gasteiger partial charge in [-0.2, -0.15) is 0 Å². The average Bonchev–Trinajstić information content (AvgIpc) is 0.785. The third-order valence-corrected chi connectivity index (χ3v) is 18.4. The van der Waals surface area contributed by atoms with E-state index in [0.29, 0.717) is 12.8 Å². The van der Waals surface area contributed by atoms with Gasteiger partial charge in [-0.3, -0.25) is 4.79 Å². The Morgan fingerprint density at radius 3 is 1.17 bits per heavy atom. The molecule has 3 saturated heterocycles. The van der Waals surface area contributed by atoms with E-state index >= 15 is 0 Å². The minimum absolute atomic E-state index is 0.218. The third kappa shape index (κ3) is 38.1. The smallest absolute Gasteiger partial charge is 0.220 e. The molecule has 3 fully saturated rings. The summed E-state index contributed by atoms with van der Waals surface area (Å²) in [4.78, 5) is 13.4. The summed E-state index contributed by atoms with van der Waals surface area (Å²) in [6.45, 7) is 1.60. The Morgan fingerprint density at radius 1 is 0.385 bits per heavy atom. The standard InChI is InChI=1S/C77H135NO18/c1-3-5-7-9-11-13-15-17-19-21-23-25-26-27-28-29-30-31-32-33-35-36-38-40-42-44-46-48-50-52-54-61(82)60(78-65(83)55-53-51-49-47-45-43-41-39-37-34-24-22-20-18-16-14-12-10-8-6-4-2)59-91-75-71(89)68(86)73(63(57-80)93-75)96-77-72(90)69(87)74(64(58-81)94-77)95-76-70(88)67(85)66(84)62(56-79)92-76/h6,8,12,14,18,20,24,34,36,38,44,46,52,54,60-64,66-77,79-82,84-90H,3-5,7,9-11,13,15-17,19,21-23,25-33,35,37,39-43,45,47-51,53,55-59H2,1-2H3,(H,78,83)/b8-6-,14-12-,20-18-,34-24-,38-36+,46-44+,54-52+. The van der Waals surface area contributed by atoms with Gasteiger partial charge in [-0.1, -0.05) is 259 Å². The van der Waals surface area contributed by atoms with Gasteiger partial charge >= 0.3 is 0 Å². The number of carbonyl (C=O) groups is 1. The molecule has 0 aromatic carbocycles. The van der Waals surface area contributed by atoms with Crippen LogP contribution in [0.2, 0.25) is 0 Å². The van der Waals surface area contributed by atoms with Crippen molar-refractivity contribution in [3.05, 3.63) is 85.1 Å². The first-order valence-electron chi connectivity index (χ1n) is 37.8. The molecule has 12 N–H and O–H groups in total. The van der Waals surface area contributed by atoms with Crippen LogP contribution in [-0.2, 0) is 33.2 Å². The van der Waals surface area contributed by atoms with Gasteiger partial charge in [-0.05, 0) is 83.5 Å². The predicted octanol–water partition coefficient (Wildman–Crippen LogP) is 11.4. The number of allylic oxidation sites excluding steroid dienone is 13. The van der Waals surface area contributed by atoms with Crippen molar-refractivity contribution in [2.24, 2.45) is 0 Å². The van der Waals surface area contributed by atoms with Gasteiger partial charge in [0.1, 0.15) is 73.2 Å². The minimum Gasteiger partial charge on any atom is -0.394 e. The summed E-state index contributed by atoms with van der Waals surface area (Å²) in [5, 5.41) is 121. The van der Waals surface area contributed by atoms with Gasteiger partial charge in [0, 0.05) is 6.42 Å².